The van der Waals surface area contributed by atoms with Gasteiger partial charge in [0.1, 0.15) is 0 Å². The Bertz CT molecular complexity index is 301. The minimum Gasteiger partial charge on any atom is -0.378 e. The fourth-order valence-corrected chi connectivity index (χ4v) is 2.93. The van der Waals surface area contributed by atoms with Gasteiger partial charge in [0.2, 0.25) is 5.91 Å². The molecule has 1 amide bonds. The van der Waals surface area contributed by atoms with Crippen LogP contribution in [0.2, 0.25) is 0 Å². The Hall–Kier alpha value is -0.650. The Morgan fingerprint density at radius 2 is 2.00 bits per heavy atom. The van der Waals surface area contributed by atoms with Gasteiger partial charge in [-0.05, 0) is 19.4 Å². The van der Waals surface area contributed by atoms with E-state index in [0.717, 1.165) is 52.2 Å². The monoisotopic (exact) mass is 254 g/mol. The second kappa shape index (κ2) is 5.55. The number of rotatable bonds is 3. The second-order valence-electron chi connectivity index (χ2n) is 5.49. The molecule has 18 heavy (non-hydrogen) atoms. The summed E-state index contributed by atoms with van der Waals surface area (Å²) in [6.07, 6.45) is 2.60. The van der Waals surface area contributed by atoms with Gasteiger partial charge >= 0.3 is 0 Å². The van der Waals surface area contributed by atoms with Crippen molar-refractivity contribution >= 4 is 5.91 Å². The molecule has 5 heteroatoms. The second-order valence-corrected chi connectivity index (χ2v) is 5.49. The van der Waals surface area contributed by atoms with Gasteiger partial charge in [-0.3, -0.25) is 9.69 Å². The number of nitrogens with zero attached hydrogens (tertiary/aromatic N) is 2. The summed E-state index contributed by atoms with van der Waals surface area (Å²) in [5, 5.41) is 0. The van der Waals surface area contributed by atoms with Crippen LogP contribution in [0, 0.1) is 5.92 Å². The number of morpholine rings is 1. The zero-order valence-electron chi connectivity index (χ0n) is 10.8. The van der Waals surface area contributed by atoms with E-state index >= 15 is 0 Å². The average molecular weight is 254 g/mol. The van der Waals surface area contributed by atoms with Gasteiger partial charge in [0.25, 0.3) is 0 Å². The maximum Gasteiger partial charge on any atom is 0.227 e. The Morgan fingerprint density at radius 1 is 1.22 bits per heavy atom. The number of carbonyl (C=O) groups is 1. The molecule has 0 spiro atoms. The van der Waals surface area contributed by atoms with Crippen LogP contribution in [-0.2, 0) is 14.3 Å². The van der Waals surface area contributed by atoms with Crippen molar-refractivity contribution in [1.29, 1.82) is 0 Å². The third-order valence-corrected chi connectivity index (χ3v) is 4.04. The van der Waals surface area contributed by atoms with Crippen LogP contribution < -0.4 is 0 Å². The summed E-state index contributed by atoms with van der Waals surface area (Å²) >= 11 is 0. The van der Waals surface area contributed by atoms with Crippen molar-refractivity contribution < 1.29 is 14.3 Å². The number of hydrogen-bond donors (Lipinski definition) is 0. The van der Waals surface area contributed by atoms with E-state index in [1.807, 2.05) is 4.90 Å². The summed E-state index contributed by atoms with van der Waals surface area (Å²) < 4.78 is 10.6. The quantitative estimate of drug-likeness (QED) is 0.663. The molecule has 0 aromatic rings. The molecule has 3 heterocycles. The van der Waals surface area contributed by atoms with E-state index in [-0.39, 0.29) is 5.92 Å². The maximum absolute atomic E-state index is 12.4. The topological polar surface area (TPSA) is 45.3 Å². The number of likely N-dealkylation sites (tertiary alicyclic amines) is 1. The number of epoxide rings is 1. The van der Waals surface area contributed by atoms with Crippen LogP contribution in [0.4, 0.5) is 0 Å². The zero-order chi connectivity index (χ0) is 12.4. The lowest BCUT2D eigenvalue weighted by Gasteiger charge is -2.36. The molecule has 3 aliphatic rings. The van der Waals surface area contributed by atoms with Crippen molar-refractivity contribution in [3.8, 4) is 0 Å². The largest absolute Gasteiger partial charge is 0.378 e. The van der Waals surface area contributed by atoms with Crippen LogP contribution in [0.3, 0.4) is 0 Å². The summed E-state index contributed by atoms with van der Waals surface area (Å²) in [6, 6.07) is 0. The van der Waals surface area contributed by atoms with Crippen molar-refractivity contribution in [3.63, 3.8) is 0 Å². The number of piperidine rings is 1. The van der Waals surface area contributed by atoms with E-state index in [2.05, 4.69) is 4.90 Å². The van der Waals surface area contributed by atoms with Gasteiger partial charge in [-0.1, -0.05) is 0 Å². The van der Waals surface area contributed by atoms with Crippen molar-refractivity contribution in [3.05, 3.63) is 0 Å². The van der Waals surface area contributed by atoms with Gasteiger partial charge in [-0.15, -0.1) is 0 Å². The highest BCUT2D eigenvalue weighted by molar-refractivity contribution is 5.79. The molecule has 0 aliphatic carbocycles. The van der Waals surface area contributed by atoms with E-state index < -0.39 is 0 Å². The highest BCUT2D eigenvalue weighted by Crippen LogP contribution is 2.21. The molecular formula is C13H22N2O3. The van der Waals surface area contributed by atoms with Gasteiger partial charge < -0.3 is 14.4 Å². The molecule has 102 valence electrons. The minimum absolute atomic E-state index is 0.190. The molecule has 0 bridgehead atoms. The predicted octanol–water partition coefficient (Wildman–Crippen LogP) is -0.0440. The van der Waals surface area contributed by atoms with Crippen LogP contribution >= 0.6 is 0 Å². The smallest absolute Gasteiger partial charge is 0.227 e. The molecular weight excluding hydrogens is 232 g/mol. The predicted molar refractivity (Wildman–Crippen MR) is 66.3 cm³/mol. The van der Waals surface area contributed by atoms with E-state index in [1.165, 1.54) is 0 Å². The molecule has 0 unspecified atom stereocenters. The van der Waals surface area contributed by atoms with Gasteiger partial charge in [-0.25, -0.2) is 0 Å². The summed E-state index contributed by atoms with van der Waals surface area (Å²) in [5.41, 5.74) is 0. The lowest BCUT2D eigenvalue weighted by atomic mass is 9.96. The first-order valence-corrected chi connectivity index (χ1v) is 7.03. The first-order chi connectivity index (χ1) is 8.83. The van der Waals surface area contributed by atoms with E-state index in [1.54, 1.807) is 0 Å². The first-order valence-electron chi connectivity index (χ1n) is 7.03. The lowest BCUT2D eigenvalue weighted by Crippen LogP contribution is -2.48. The number of ether oxygens (including phenoxy) is 2. The Morgan fingerprint density at radius 3 is 2.72 bits per heavy atom. The Kier molecular flexibility index (Phi) is 3.82. The molecule has 3 saturated heterocycles. The highest BCUT2D eigenvalue weighted by Gasteiger charge is 2.33. The average Bonchev–Trinajstić information content (AvgIpc) is 3.23. The van der Waals surface area contributed by atoms with Crippen molar-refractivity contribution in [2.45, 2.75) is 18.9 Å². The third-order valence-electron chi connectivity index (χ3n) is 4.04. The summed E-state index contributed by atoms with van der Waals surface area (Å²) in [6.45, 7) is 6.85. The van der Waals surface area contributed by atoms with Gasteiger partial charge in [0.15, 0.2) is 0 Å². The molecule has 3 rings (SSSR count). The molecule has 0 N–H and O–H groups in total. The molecule has 2 atom stereocenters. The van der Waals surface area contributed by atoms with Crippen LogP contribution in [0.1, 0.15) is 12.8 Å². The zero-order valence-corrected chi connectivity index (χ0v) is 10.8. The summed E-state index contributed by atoms with van der Waals surface area (Å²) in [7, 11) is 0. The number of amides is 1. The van der Waals surface area contributed by atoms with Gasteiger partial charge in [0, 0.05) is 26.2 Å². The minimum atomic E-state index is 0.190. The maximum atomic E-state index is 12.4. The number of carbonyl (C=O) groups excluding carboxylic acids is 1. The van der Waals surface area contributed by atoms with Crippen molar-refractivity contribution in [1.82, 2.24) is 9.80 Å². The number of hydrogen-bond acceptors (Lipinski definition) is 4. The third kappa shape index (κ3) is 3.02. The first kappa shape index (κ1) is 12.4. The lowest BCUT2D eigenvalue weighted by molar-refractivity contribution is -0.141. The van der Waals surface area contributed by atoms with Crippen LogP contribution in [0.15, 0.2) is 0 Å². The van der Waals surface area contributed by atoms with Crippen molar-refractivity contribution in [2.75, 3.05) is 52.5 Å². The van der Waals surface area contributed by atoms with E-state index in [9.17, 15) is 4.79 Å². The van der Waals surface area contributed by atoms with Crippen LogP contribution in [0.5, 0.6) is 0 Å². The normalized spacial score (nSPS) is 33.4. The molecule has 0 saturated carbocycles. The van der Waals surface area contributed by atoms with Crippen molar-refractivity contribution in [2.24, 2.45) is 5.92 Å². The fraction of sp³-hybridized carbons (Fsp3) is 0.923. The molecule has 5 nitrogen and oxygen atoms in total. The summed E-state index contributed by atoms with van der Waals surface area (Å²) in [4.78, 5) is 16.8. The molecule has 0 radical (unpaired) electrons. The molecule has 3 aliphatic heterocycles. The van der Waals surface area contributed by atoms with E-state index in [0.29, 0.717) is 25.2 Å². The standard InChI is InChI=1S/C13H22N2O3/c16-13(15-4-6-17-7-5-15)11-2-1-3-14(8-11)9-12-10-18-12/h11-12H,1-10H2/t11-,12+/m0/s1. The SMILES string of the molecule is O=C([C@H]1CCCN(C[C@@H]2CO2)C1)N1CCOCC1. The Labute approximate surface area is 108 Å². The molecule has 0 aromatic heterocycles. The Balaban J connectivity index is 1.51. The van der Waals surface area contributed by atoms with Crippen LogP contribution in [-0.4, -0.2) is 74.4 Å². The van der Waals surface area contributed by atoms with E-state index in [4.69, 9.17) is 9.47 Å². The molecule has 0 aromatic carbocycles. The highest BCUT2D eigenvalue weighted by atomic mass is 16.6. The van der Waals surface area contributed by atoms with Gasteiger partial charge in [0.05, 0.1) is 31.8 Å². The fourth-order valence-electron chi connectivity index (χ4n) is 2.93. The van der Waals surface area contributed by atoms with Crippen LogP contribution in [0.25, 0.3) is 0 Å². The van der Waals surface area contributed by atoms with Gasteiger partial charge in [-0.2, -0.15) is 0 Å². The summed E-state index contributed by atoms with van der Waals surface area (Å²) in [5.74, 6) is 0.523. The molecule has 3 fully saturated rings.